The minimum Gasteiger partial charge on any atom is -0.489 e. The van der Waals surface area contributed by atoms with Gasteiger partial charge in [-0.2, -0.15) is 0 Å². The summed E-state index contributed by atoms with van der Waals surface area (Å²) in [5, 5.41) is 17.0. The number of nitro benzene ring substituents is 1. The molecule has 2 aromatic rings. The Hall–Kier alpha value is -3.00. The van der Waals surface area contributed by atoms with Crippen molar-refractivity contribution in [3.05, 3.63) is 57.1 Å². The molecule has 0 unspecified atom stereocenters. The SMILES string of the molecule is O=C(NCCNc1ccccc1[N+](=O)[O-])c1cc(Cl)c2c(c1)OCCCO2. The first-order valence-electron chi connectivity index (χ1n) is 8.41. The lowest BCUT2D eigenvalue weighted by Crippen LogP contribution is -2.28. The van der Waals surface area contributed by atoms with E-state index in [-0.39, 0.29) is 18.1 Å². The number of carbonyl (C=O) groups excluding carboxylic acids is 1. The van der Waals surface area contributed by atoms with Crippen LogP contribution in [0.3, 0.4) is 0 Å². The lowest BCUT2D eigenvalue weighted by Gasteiger charge is -2.12. The normalized spacial score (nSPS) is 12.8. The first-order valence-corrected chi connectivity index (χ1v) is 8.78. The number of halogens is 1. The zero-order chi connectivity index (χ0) is 19.2. The minimum absolute atomic E-state index is 0.0153. The summed E-state index contributed by atoms with van der Waals surface area (Å²) in [7, 11) is 0. The number of nitrogens with zero attached hydrogens (tertiary/aromatic N) is 1. The molecule has 0 saturated carbocycles. The van der Waals surface area contributed by atoms with Gasteiger partial charge in [-0.25, -0.2) is 0 Å². The number of rotatable bonds is 6. The van der Waals surface area contributed by atoms with Crippen molar-refractivity contribution in [2.45, 2.75) is 6.42 Å². The van der Waals surface area contributed by atoms with E-state index in [4.69, 9.17) is 21.1 Å². The molecule has 8 nitrogen and oxygen atoms in total. The number of fused-ring (bicyclic) bond motifs is 1. The van der Waals surface area contributed by atoms with Crippen LogP contribution in [0.25, 0.3) is 0 Å². The van der Waals surface area contributed by atoms with Gasteiger partial charge in [-0.1, -0.05) is 23.7 Å². The molecular weight excluding hydrogens is 374 g/mol. The molecule has 0 aromatic heterocycles. The molecule has 0 bridgehead atoms. The number of amides is 1. The molecule has 1 amide bonds. The van der Waals surface area contributed by atoms with Gasteiger partial charge in [0.1, 0.15) is 5.69 Å². The molecule has 9 heteroatoms. The summed E-state index contributed by atoms with van der Waals surface area (Å²) in [6.07, 6.45) is 0.740. The number of anilines is 1. The van der Waals surface area contributed by atoms with Crippen molar-refractivity contribution in [2.75, 3.05) is 31.6 Å². The molecule has 2 aromatic carbocycles. The van der Waals surface area contributed by atoms with E-state index in [2.05, 4.69) is 10.6 Å². The van der Waals surface area contributed by atoms with Crippen molar-refractivity contribution in [2.24, 2.45) is 0 Å². The number of para-hydroxylation sites is 2. The van der Waals surface area contributed by atoms with Gasteiger partial charge in [0.05, 0.1) is 23.2 Å². The lowest BCUT2D eigenvalue weighted by molar-refractivity contribution is -0.384. The van der Waals surface area contributed by atoms with Gasteiger partial charge in [-0.05, 0) is 18.2 Å². The third kappa shape index (κ3) is 4.59. The Morgan fingerprint density at radius 1 is 1.19 bits per heavy atom. The fourth-order valence-electron chi connectivity index (χ4n) is 2.62. The van der Waals surface area contributed by atoms with E-state index >= 15 is 0 Å². The summed E-state index contributed by atoms with van der Waals surface area (Å²) in [5.74, 6) is 0.573. The summed E-state index contributed by atoms with van der Waals surface area (Å²) < 4.78 is 11.1. The monoisotopic (exact) mass is 391 g/mol. The largest absolute Gasteiger partial charge is 0.489 e. The molecule has 1 aliphatic rings. The van der Waals surface area contributed by atoms with Crippen LogP contribution in [0.1, 0.15) is 16.8 Å². The molecule has 0 spiro atoms. The fourth-order valence-corrected chi connectivity index (χ4v) is 2.88. The Kier molecular flexibility index (Phi) is 5.97. The summed E-state index contributed by atoms with van der Waals surface area (Å²) in [4.78, 5) is 22.9. The first kappa shape index (κ1) is 18.8. The average Bonchev–Trinajstić information content (AvgIpc) is 2.91. The van der Waals surface area contributed by atoms with Crippen LogP contribution < -0.4 is 20.1 Å². The topological polar surface area (TPSA) is 103 Å². The maximum Gasteiger partial charge on any atom is 0.292 e. The zero-order valence-corrected chi connectivity index (χ0v) is 15.1. The third-order valence-electron chi connectivity index (χ3n) is 3.89. The van der Waals surface area contributed by atoms with Crippen molar-refractivity contribution in [3.8, 4) is 11.5 Å². The van der Waals surface area contributed by atoms with Crippen LogP contribution in [0.2, 0.25) is 5.02 Å². The molecule has 142 valence electrons. The van der Waals surface area contributed by atoms with Gasteiger partial charge in [0.25, 0.3) is 11.6 Å². The van der Waals surface area contributed by atoms with Crippen molar-refractivity contribution < 1.29 is 19.2 Å². The molecule has 0 atom stereocenters. The summed E-state index contributed by atoms with van der Waals surface area (Å²) in [6.45, 7) is 1.61. The Balaban J connectivity index is 1.58. The standard InChI is InChI=1S/C18H18ClN3O5/c19-13-10-12(11-16-17(13)27-9-3-8-26-16)18(23)21-7-6-20-14-4-1-2-5-15(14)22(24)25/h1-2,4-5,10-11,20H,3,6-9H2,(H,21,23). The number of ether oxygens (including phenoxy) is 2. The molecular formula is C18H18ClN3O5. The molecule has 0 radical (unpaired) electrons. The van der Waals surface area contributed by atoms with E-state index in [0.29, 0.717) is 47.5 Å². The van der Waals surface area contributed by atoms with Crippen molar-refractivity contribution in [1.82, 2.24) is 5.32 Å². The Labute approximate surface area is 160 Å². The van der Waals surface area contributed by atoms with Crippen LogP contribution in [0.5, 0.6) is 11.5 Å². The maximum absolute atomic E-state index is 12.4. The Morgan fingerprint density at radius 3 is 2.78 bits per heavy atom. The van der Waals surface area contributed by atoms with Crippen LogP contribution in [-0.4, -0.2) is 37.1 Å². The van der Waals surface area contributed by atoms with Crippen LogP contribution in [0.4, 0.5) is 11.4 Å². The maximum atomic E-state index is 12.4. The lowest BCUT2D eigenvalue weighted by atomic mass is 10.2. The molecule has 0 fully saturated rings. The van der Waals surface area contributed by atoms with Crippen LogP contribution in [-0.2, 0) is 0 Å². The predicted octanol–water partition coefficient (Wildman–Crippen LogP) is 3.25. The van der Waals surface area contributed by atoms with Crippen molar-refractivity contribution >= 4 is 28.9 Å². The molecule has 1 aliphatic heterocycles. The highest BCUT2D eigenvalue weighted by Gasteiger charge is 2.18. The molecule has 2 N–H and O–H groups in total. The van der Waals surface area contributed by atoms with E-state index in [1.165, 1.54) is 12.1 Å². The van der Waals surface area contributed by atoms with Gasteiger partial charge in [-0.15, -0.1) is 0 Å². The number of hydrogen-bond acceptors (Lipinski definition) is 6. The number of hydrogen-bond donors (Lipinski definition) is 2. The van der Waals surface area contributed by atoms with Gasteiger partial charge < -0.3 is 20.1 Å². The highest BCUT2D eigenvalue weighted by molar-refractivity contribution is 6.32. The highest BCUT2D eigenvalue weighted by Crippen LogP contribution is 2.37. The van der Waals surface area contributed by atoms with Crippen LogP contribution >= 0.6 is 11.6 Å². The Bertz CT molecular complexity index is 859. The number of carbonyl (C=O) groups is 1. The summed E-state index contributed by atoms with van der Waals surface area (Å²) in [6, 6.07) is 9.45. The molecule has 1 heterocycles. The van der Waals surface area contributed by atoms with Gasteiger partial charge >= 0.3 is 0 Å². The Morgan fingerprint density at radius 2 is 1.96 bits per heavy atom. The van der Waals surface area contributed by atoms with Gasteiger partial charge in [0.2, 0.25) is 0 Å². The number of nitrogens with one attached hydrogen (secondary N) is 2. The van der Waals surface area contributed by atoms with E-state index in [9.17, 15) is 14.9 Å². The quantitative estimate of drug-likeness (QED) is 0.445. The van der Waals surface area contributed by atoms with Crippen LogP contribution in [0.15, 0.2) is 36.4 Å². The van der Waals surface area contributed by atoms with Crippen molar-refractivity contribution in [1.29, 1.82) is 0 Å². The molecule has 0 aliphatic carbocycles. The zero-order valence-electron chi connectivity index (χ0n) is 14.4. The second-order valence-corrected chi connectivity index (χ2v) is 6.20. The molecule has 27 heavy (non-hydrogen) atoms. The second kappa shape index (κ2) is 8.59. The third-order valence-corrected chi connectivity index (χ3v) is 4.17. The second-order valence-electron chi connectivity index (χ2n) is 5.79. The fraction of sp³-hybridized carbons (Fsp3) is 0.278. The van der Waals surface area contributed by atoms with E-state index in [1.54, 1.807) is 24.3 Å². The van der Waals surface area contributed by atoms with Gasteiger partial charge in [-0.3, -0.25) is 14.9 Å². The predicted molar refractivity (Wildman–Crippen MR) is 101 cm³/mol. The van der Waals surface area contributed by atoms with Gasteiger partial charge in [0, 0.05) is 31.1 Å². The average molecular weight is 392 g/mol. The van der Waals surface area contributed by atoms with E-state index in [0.717, 1.165) is 6.42 Å². The van der Waals surface area contributed by atoms with E-state index in [1.807, 2.05) is 0 Å². The minimum atomic E-state index is -0.458. The van der Waals surface area contributed by atoms with E-state index < -0.39 is 4.92 Å². The number of benzene rings is 2. The smallest absolute Gasteiger partial charge is 0.292 e. The number of nitro groups is 1. The summed E-state index contributed by atoms with van der Waals surface area (Å²) in [5.41, 5.74) is 0.740. The van der Waals surface area contributed by atoms with Gasteiger partial charge in [0.15, 0.2) is 11.5 Å². The molecule has 3 rings (SSSR count). The van der Waals surface area contributed by atoms with Crippen LogP contribution in [0, 0.1) is 10.1 Å². The summed E-state index contributed by atoms with van der Waals surface area (Å²) >= 11 is 6.19. The van der Waals surface area contributed by atoms with Crippen molar-refractivity contribution in [3.63, 3.8) is 0 Å². The molecule has 0 saturated heterocycles. The highest BCUT2D eigenvalue weighted by atomic mass is 35.5. The first-order chi connectivity index (χ1) is 13.1.